The van der Waals surface area contributed by atoms with Crippen LogP contribution in [0.1, 0.15) is 71.6 Å². The molecule has 0 aliphatic heterocycles. The third-order valence-corrected chi connectivity index (χ3v) is 5.07. The lowest BCUT2D eigenvalue weighted by Crippen LogP contribution is -2.42. The van der Waals surface area contributed by atoms with E-state index in [1.54, 1.807) is 6.92 Å². The van der Waals surface area contributed by atoms with Gasteiger partial charge in [0.05, 0.1) is 18.6 Å². The monoisotopic (exact) mass is 400 g/mol. The molecule has 1 aliphatic rings. The zero-order valence-corrected chi connectivity index (χ0v) is 17.5. The molecule has 0 aromatic rings. The molecule has 0 spiro atoms. The van der Waals surface area contributed by atoms with E-state index >= 15 is 0 Å². The van der Waals surface area contributed by atoms with Gasteiger partial charge in [0.1, 0.15) is 0 Å². The molecule has 1 saturated carbocycles. The van der Waals surface area contributed by atoms with Gasteiger partial charge in [-0.2, -0.15) is 0 Å². The largest absolute Gasteiger partial charge is 0.393 e. The molecule has 3 atom stereocenters. The highest BCUT2D eigenvalue weighted by Crippen LogP contribution is 2.31. The molecule has 3 unspecified atom stereocenters. The zero-order chi connectivity index (χ0) is 21.5. The number of nitrogens with two attached hydrogens (primary N) is 3. The molecule has 1 fully saturated rings. The van der Waals surface area contributed by atoms with Crippen molar-refractivity contribution in [3.63, 3.8) is 0 Å². The second kappa shape index (κ2) is 15.4. The van der Waals surface area contributed by atoms with Gasteiger partial charge in [0.15, 0.2) is 5.78 Å². The van der Waals surface area contributed by atoms with E-state index in [2.05, 4.69) is 5.32 Å². The minimum absolute atomic E-state index is 0.0120. The molecule has 8 nitrogen and oxygen atoms in total. The molecule has 0 aromatic heterocycles. The molecule has 0 saturated heterocycles. The first-order valence-corrected chi connectivity index (χ1v) is 10.5. The fourth-order valence-electron chi connectivity index (χ4n) is 3.57. The van der Waals surface area contributed by atoms with Crippen molar-refractivity contribution < 1.29 is 19.5 Å². The van der Waals surface area contributed by atoms with E-state index in [9.17, 15) is 14.4 Å². The number of hydrogen-bond acceptors (Lipinski definition) is 6. The Labute approximate surface area is 169 Å². The van der Waals surface area contributed by atoms with Crippen LogP contribution >= 0.6 is 0 Å². The molecule has 1 rings (SSSR count). The van der Waals surface area contributed by atoms with Crippen molar-refractivity contribution in [2.75, 3.05) is 13.1 Å². The third-order valence-electron chi connectivity index (χ3n) is 5.07. The highest BCUT2D eigenvalue weighted by molar-refractivity contribution is 5.88. The van der Waals surface area contributed by atoms with Gasteiger partial charge in [0.25, 0.3) is 0 Å². The van der Waals surface area contributed by atoms with Crippen LogP contribution in [0.2, 0.25) is 0 Å². The summed E-state index contributed by atoms with van der Waals surface area (Å²) in [7, 11) is 0. The lowest BCUT2D eigenvalue weighted by Gasteiger charge is -2.27. The highest BCUT2D eigenvalue weighted by Gasteiger charge is 2.26. The molecule has 2 amide bonds. The van der Waals surface area contributed by atoms with Gasteiger partial charge < -0.3 is 27.6 Å². The van der Waals surface area contributed by atoms with Gasteiger partial charge >= 0.3 is 0 Å². The van der Waals surface area contributed by atoms with E-state index in [-0.39, 0.29) is 29.9 Å². The van der Waals surface area contributed by atoms with E-state index in [4.69, 9.17) is 22.3 Å². The van der Waals surface area contributed by atoms with Crippen molar-refractivity contribution in [3.8, 4) is 0 Å². The first-order valence-electron chi connectivity index (χ1n) is 10.5. The molecule has 28 heavy (non-hydrogen) atoms. The van der Waals surface area contributed by atoms with Gasteiger partial charge in [-0.3, -0.25) is 14.4 Å². The topological polar surface area (TPSA) is 162 Å². The number of primary amides is 1. The van der Waals surface area contributed by atoms with Crippen molar-refractivity contribution in [2.24, 2.45) is 29.0 Å². The van der Waals surface area contributed by atoms with Gasteiger partial charge in [-0.05, 0) is 51.6 Å². The van der Waals surface area contributed by atoms with E-state index < -0.39 is 12.1 Å². The molecular weight excluding hydrogens is 360 g/mol. The van der Waals surface area contributed by atoms with E-state index in [1.807, 2.05) is 0 Å². The summed E-state index contributed by atoms with van der Waals surface area (Å²) < 4.78 is 0. The average molecular weight is 401 g/mol. The number of ketones is 1. The lowest BCUT2D eigenvalue weighted by atomic mass is 9.78. The maximum atomic E-state index is 11.4. The van der Waals surface area contributed by atoms with Crippen LogP contribution in [0.4, 0.5) is 0 Å². The predicted molar refractivity (Wildman–Crippen MR) is 110 cm³/mol. The van der Waals surface area contributed by atoms with Crippen LogP contribution in [-0.4, -0.2) is 47.9 Å². The number of amides is 2. The van der Waals surface area contributed by atoms with Gasteiger partial charge in [-0.15, -0.1) is 0 Å². The molecule has 8 N–H and O–H groups in total. The summed E-state index contributed by atoms with van der Waals surface area (Å²) in [5.41, 5.74) is 16.2. The highest BCUT2D eigenvalue weighted by atomic mass is 16.3. The number of carbonyl (C=O) groups excluding carboxylic acids is 3. The molecule has 0 radical (unpaired) electrons. The van der Waals surface area contributed by atoms with E-state index in [1.165, 1.54) is 26.2 Å². The fourth-order valence-corrected chi connectivity index (χ4v) is 3.57. The Balaban J connectivity index is 0.000000525. The van der Waals surface area contributed by atoms with Crippen molar-refractivity contribution in [3.05, 3.63) is 0 Å². The number of Topliss-reactive ketones (excluding diaryl/α,β-unsaturated/α-hetero) is 1. The average Bonchev–Trinajstić information content (AvgIpc) is 2.65. The van der Waals surface area contributed by atoms with Crippen molar-refractivity contribution in [1.82, 2.24) is 5.32 Å². The van der Waals surface area contributed by atoms with Crippen LogP contribution in [0.3, 0.4) is 0 Å². The Bertz CT molecular complexity index is 465. The maximum absolute atomic E-state index is 11.4. The molecule has 0 aromatic carbocycles. The number of hydrogen-bond donors (Lipinski definition) is 5. The fraction of sp³-hybridized carbons (Fsp3) is 0.850. The molecule has 1 aliphatic carbocycles. The number of nitrogens with one attached hydrogen (secondary N) is 1. The first kappa shape index (κ1) is 26.5. The summed E-state index contributed by atoms with van der Waals surface area (Å²) in [6.45, 7) is 4.20. The van der Waals surface area contributed by atoms with E-state index in [0.29, 0.717) is 31.8 Å². The summed E-state index contributed by atoms with van der Waals surface area (Å²) in [6.07, 6.45) is 7.03. The minimum atomic E-state index is -0.694. The Kier molecular flexibility index (Phi) is 14.6. The summed E-state index contributed by atoms with van der Waals surface area (Å²) in [5.74, 6) is 0.0436. The smallest absolute Gasteiger partial charge is 0.223 e. The van der Waals surface area contributed by atoms with E-state index in [0.717, 1.165) is 19.3 Å². The normalized spacial score (nSPS) is 17.6. The maximum Gasteiger partial charge on any atom is 0.223 e. The third kappa shape index (κ3) is 11.4. The quantitative estimate of drug-likeness (QED) is 0.341. The summed E-state index contributed by atoms with van der Waals surface area (Å²) >= 11 is 0. The molecule has 0 bridgehead atoms. The number of aliphatic hydroxyl groups excluding tert-OH is 1. The van der Waals surface area contributed by atoms with Crippen LogP contribution in [0.15, 0.2) is 0 Å². The number of rotatable bonds is 11. The number of carbonyl (C=O) groups is 3. The Morgan fingerprint density at radius 3 is 2.07 bits per heavy atom. The standard InChI is InChI=1S/C10H20N2O3.C10H20N2O/c1-3-9(14)8(4-5-11)12-10(15)6-7(2)13;11-7-6-9(10(12)13)8-4-2-1-3-5-8/h7-8,13H,3-6,11H2,1-2H3,(H,12,15);8-9H,1-7,11H2,(H2,12,13). The van der Waals surface area contributed by atoms with Crippen molar-refractivity contribution in [2.45, 2.75) is 83.8 Å². The predicted octanol–water partition coefficient (Wildman–Crippen LogP) is 0.587. The summed E-state index contributed by atoms with van der Waals surface area (Å²) in [6, 6.07) is -0.508. The number of aliphatic hydroxyl groups is 1. The Morgan fingerprint density at radius 2 is 1.64 bits per heavy atom. The first-order chi connectivity index (χ1) is 13.3. The van der Waals surface area contributed by atoms with Crippen LogP contribution < -0.4 is 22.5 Å². The molecule has 8 heteroatoms. The second-order valence-electron chi connectivity index (χ2n) is 7.55. The van der Waals surface area contributed by atoms with Crippen LogP contribution in [0, 0.1) is 11.8 Å². The molecular formula is C20H40N4O4. The minimum Gasteiger partial charge on any atom is -0.393 e. The lowest BCUT2D eigenvalue weighted by molar-refractivity contribution is -0.128. The van der Waals surface area contributed by atoms with Gasteiger partial charge in [0, 0.05) is 12.3 Å². The molecule has 164 valence electrons. The summed E-state index contributed by atoms with van der Waals surface area (Å²) in [4.78, 5) is 33.8. The van der Waals surface area contributed by atoms with Crippen LogP contribution in [0.5, 0.6) is 0 Å². The van der Waals surface area contributed by atoms with Crippen molar-refractivity contribution >= 4 is 17.6 Å². The van der Waals surface area contributed by atoms with Crippen LogP contribution in [0.25, 0.3) is 0 Å². The van der Waals surface area contributed by atoms with Gasteiger partial charge in [-0.1, -0.05) is 26.2 Å². The Morgan fingerprint density at radius 1 is 1.07 bits per heavy atom. The summed E-state index contributed by atoms with van der Waals surface area (Å²) in [5, 5.41) is 11.6. The second-order valence-corrected chi connectivity index (χ2v) is 7.55. The van der Waals surface area contributed by atoms with Gasteiger partial charge in [-0.25, -0.2) is 0 Å². The molecule has 0 heterocycles. The Hall–Kier alpha value is -1.51. The van der Waals surface area contributed by atoms with Crippen molar-refractivity contribution in [1.29, 1.82) is 0 Å². The van der Waals surface area contributed by atoms with Gasteiger partial charge in [0.2, 0.25) is 11.8 Å². The SMILES string of the molecule is CCC(=O)C(CCN)NC(=O)CC(C)O.NCCC(C(N)=O)C1CCCCC1. The van der Waals surface area contributed by atoms with Crippen LogP contribution in [-0.2, 0) is 14.4 Å². The zero-order valence-electron chi connectivity index (χ0n) is 17.5.